The van der Waals surface area contributed by atoms with E-state index in [1.54, 1.807) is 11.8 Å². The van der Waals surface area contributed by atoms with Crippen LogP contribution in [0.2, 0.25) is 0 Å². The molecule has 0 fully saturated rings. The number of hydrogen-bond donors (Lipinski definition) is 0. The third-order valence-corrected chi connectivity index (χ3v) is 4.28. The Kier molecular flexibility index (Phi) is 4.30. The predicted octanol–water partition coefficient (Wildman–Crippen LogP) is 3.76. The average molecular weight is 324 g/mol. The molecule has 0 aromatic heterocycles. The van der Waals surface area contributed by atoms with Crippen molar-refractivity contribution in [2.24, 2.45) is 0 Å². The molecule has 0 spiro atoms. The van der Waals surface area contributed by atoms with Crippen molar-refractivity contribution in [3.63, 3.8) is 0 Å². The molecule has 19 heavy (non-hydrogen) atoms. The highest BCUT2D eigenvalue weighted by Gasteiger charge is 2.28. The van der Waals surface area contributed by atoms with E-state index in [1.165, 1.54) is 11.1 Å². The molecule has 0 unspecified atom stereocenters. The molecule has 1 heterocycles. The van der Waals surface area contributed by atoms with Gasteiger partial charge in [-0.1, -0.05) is 32.0 Å². The van der Waals surface area contributed by atoms with Crippen LogP contribution in [0, 0.1) is 0 Å². The molecule has 2 rings (SSSR count). The van der Waals surface area contributed by atoms with E-state index in [4.69, 9.17) is 4.74 Å². The standard InChI is InChI=1S/C15H18BrNO2/c1-4-11-7-6-8-12(5-2)14(11)17-9-19-10(3)13(16)15(17)18/h6-8H,4-5,9H2,1-3H3. The maximum atomic E-state index is 12.4. The van der Waals surface area contributed by atoms with Crippen molar-refractivity contribution >= 4 is 27.5 Å². The predicted molar refractivity (Wildman–Crippen MR) is 80.3 cm³/mol. The van der Waals surface area contributed by atoms with Gasteiger partial charge in [-0.3, -0.25) is 9.69 Å². The number of benzene rings is 1. The van der Waals surface area contributed by atoms with Gasteiger partial charge in [0.1, 0.15) is 10.2 Å². The minimum atomic E-state index is -0.0284. The van der Waals surface area contributed by atoms with Gasteiger partial charge in [-0.15, -0.1) is 0 Å². The lowest BCUT2D eigenvalue weighted by molar-refractivity contribution is -0.116. The smallest absolute Gasteiger partial charge is 0.271 e. The minimum absolute atomic E-state index is 0.0284. The van der Waals surface area contributed by atoms with Gasteiger partial charge in [-0.2, -0.15) is 0 Å². The van der Waals surface area contributed by atoms with E-state index in [0.717, 1.165) is 18.5 Å². The summed E-state index contributed by atoms with van der Waals surface area (Å²) in [4.78, 5) is 14.1. The van der Waals surface area contributed by atoms with Crippen LogP contribution in [0.3, 0.4) is 0 Å². The number of para-hydroxylation sites is 1. The molecular formula is C15H18BrNO2. The number of halogens is 1. The number of aryl methyl sites for hydroxylation is 2. The summed E-state index contributed by atoms with van der Waals surface area (Å²) in [6.07, 6.45) is 1.79. The van der Waals surface area contributed by atoms with Crippen LogP contribution in [0.1, 0.15) is 31.9 Å². The normalized spacial score (nSPS) is 15.8. The average Bonchev–Trinajstić information content (AvgIpc) is 2.44. The molecule has 0 saturated heterocycles. The van der Waals surface area contributed by atoms with E-state index in [0.29, 0.717) is 10.2 Å². The Morgan fingerprint density at radius 2 is 1.84 bits per heavy atom. The number of rotatable bonds is 3. The molecule has 4 heteroatoms. The first-order valence-electron chi connectivity index (χ1n) is 6.51. The van der Waals surface area contributed by atoms with Crippen molar-refractivity contribution in [2.45, 2.75) is 33.6 Å². The lowest BCUT2D eigenvalue weighted by atomic mass is 10.0. The van der Waals surface area contributed by atoms with Gasteiger partial charge in [0.05, 0.1) is 5.69 Å². The third-order valence-electron chi connectivity index (χ3n) is 3.39. The monoisotopic (exact) mass is 323 g/mol. The molecule has 0 N–H and O–H groups in total. The zero-order valence-electron chi connectivity index (χ0n) is 11.5. The largest absolute Gasteiger partial charge is 0.476 e. The SMILES string of the molecule is CCc1cccc(CC)c1N1COC(C)=C(Br)C1=O. The molecule has 0 atom stereocenters. The van der Waals surface area contributed by atoms with Crippen LogP contribution in [0.5, 0.6) is 0 Å². The Bertz CT molecular complexity index is 515. The van der Waals surface area contributed by atoms with Gasteiger partial charge in [0.2, 0.25) is 0 Å². The fraction of sp³-hybridized carbons (Fsp3) is 0.400. The highest BCUT2D eigenvalue weighted by atomic mass is 79.9. The highest BCUT2D eigenvalue weighted by Crippen LogP contribution is 2.32. The lowest BCUT2D eigenvalue weighted by Crippen LogP contribution is -2.38. The van der Waals surface area contributed by atoms with E-state index in [9.17, 15) is 4.79 Å². The zero-order valence-corrected chi connectivity index (χ0v) is 13.1. The van der Waals surface area contributed by atoms with Crippen LogP contribution < -0.4 is 4.90 Å². The number of amides is 1. The number of ether oxygens (including phenoxy) is 1. The fourth-order valence-corrected chi connectivity index (χ4v) is 2.61. The van der Waals surface area contributed by atoms with Gasteiger partial charge in [0.25, 0.3) is 5.91 Å². The van der Waals surface area contributed by atoms with Crippen molar-refractivity contribution in [3.8, 4) is 0 Å². The number of anilines is 1. The summed E-state index contributed by atoms with van der Waals surface area (Å²) in [5, 5.41) is 0. The molecule has 0 bridgehead atoms. The summed E-state index contributed by atoms with van der Waals surface area (Å²) in [6, 6.07) is 6.19. The number of carbonyl (C=O) groups excluding carboxylic acids is 1. The van der Waals surface area contributed by atoms with Gasteiger partial charge >= 0.3 is 0 Å². The lowest BCUT2D eigenvalue weighted by Gasteiger charge is -2.31. The maximum Gasteiger partial charge on any atom is 0.271 e. The molecule has 102 valence electrons. The molecule has 0 radical (unpaired) electrons. The van der Waals surface area contributed by atoms with Crippen molar-refractivity contribution in [3.05, 3.63) is 39.6 Å². The van der Waals surface area contributed by atoms with E-state index in [-0.39, 0.29) is 12.6 Å². The Hall–Kier alpha value is -1.29. The van der Waals surface area contributed by atoms with Crippen LogP contribution in [0.25, 0.3) is 0 Å². The quantitative estimate of drug-likeness (QED) is 0.847. The molecule has 1 aliphatic rings. The fourth-order valence-electron chi connectivity index (χ4n) is 2.28. The minimum Gasteiger partial charge on any atom is -0.476 e. The summed E-state index contributed by atoms with van der Waals surface area (Å²) in [6.45, 7) is 6.28. The topological polar surface area (TPSA) is 29.5 Å². The Morgan fingerprint density at radius 1 is 1.26 bits per heavy atom. The van der Waals surface area contributed by atoms with Crippen molar-refractivity contribution in [2.75, 3.05) is 11.6 Å². The van der Waals surface area contributed by atoms with Crippen LogP contribution >= 0.6 is 15.9 Å². The van der Waals surface area contributed by atoms with Crippen LogP contribution in [-0.2, 0) is 22.4 Å². The van der Waals surface area contributed by atoms with Gasteiger partial charge in [0.15, 0.2) is 6.73 Å². The Labute approximate surface area is 122 Å². The van der Waals surface area contributed by atoms with Crippen molar-refractivity contribution in [1.29, 1.82) is 0 Å². The van der Waals surface area contributed by atoms with Crippen molar-refractivity contribution < 1.29 is 9.53 Å². The van der Waals surface area contributed by atoms with E-state index in [1.807, 2.05) is 6.07 Å². The number of nitrogens with zero attached hydrogens (tertiary/aromatic N) is 1. The zero-order chi connectivity index (χ0) is 14.0. The summed E-state index contributed by atoms with van der Waals surface area (Å²) in [5.74, 6) is 0.618. The molecular weight excluding hydrogens is 306 g/mol. The van der Waals surface area contributed by atoms with Gasteiger partial charge in [-0.05, 0) is 46.8 Å². The molecule has 3 nitrogen and oxygen atoms in total. The van der Waals surface area contributed by atoms with Crippen molar-refractivity contribution in [1.82, 2.24) is 0 Å². The number of allylic oxidation sites excluding steroid dienone is 1. The number of hydrogen-bond acceptors (Lipinski definition) is 2. The second-order valence-electron chi connectivity index (χ2n) is 4.51. The van der Waals surface area contributed by atoms with Gasteiger partial charge < -0.3 is 4.74 Å². The molecule has 0 aliphatic carbocycles. The second kappa shape index (κ2) is 5.78. The molecule has 0 saturated carbocycles. The molecule has 1 amide bonds. The van der Waals surface area contributed by atoms with E-state index >= 15 is 0 Å². The summed E-state index contributed by atoms with van der Waals surface area (Å²) in [7, 11) is 0. The number of carbonyl (C=O) groups is 1. The van der Waals surface area contributed by atoms with Crippen LogP contribution in [-0.4, -0.2) is 12.6 Å². The maximum absolute atomic E-state index is 12.4. The first kappa shape index (κ1) is 14.1. The summed E-state index contributed by atoms with van der Waals surface area (Å²) in [5.41, 5.74) is 3.36. The van der Waals surface area contributed by atoms with Crippen LogP contribution in [0.15, 0.2) is 28.4 Å². The van der Waals surface area contributed by atoms with Gasteiger partial charge in [0, 0.05) is 0 Å². The van der Waals surface area contributed by atoms with E-state index < -0.39 is 0 Å². The first-order valence-corrected chi connectivity index (χ1v) is 7.31. The van der Waals surface area contributed by atoms with Crippen LogP contribution in [0.4, 0.5) is 5.69 Å². The molecule has 1 aromatic rings. The first-order chi connectivity index (χ1) is 9.10. The second-order valence-corrected chi connectivity index (χ2v) is 5.30. The Morgan fingerprint density at radius 3 is 2.37 bits per heavy atom. The molecule has 1 aromatic carbocycles. The Balaban J connectivity index is 2.51. The molecule has 1 aliphatic heterocycles. The summed E-state index contributed by atoms with van der Waals surface area (Å²) >= 11 is 3.31. The van der Waals surface area contributed by atoms with Gasteiger partial charge in [-0.25, -0.2) is 0 Å². The highest BCUT2D eigenvalue weighted by molar-refractivity contribution is 9.12. The third kappa shape index (κ3) is 2.54. The summed E-state index contributed by atoms with van der Waals surface area (Å²) < 4.78 is 6.07. The van der Waals surface area contributed by atoms with E-state index in [2.05, 4.69) is 41.9 Å².